The van der Waals surface area contributed by atoms with Crippen molar-refractivity contribution in [1.29, 1.82) is 0 Å². The lowest BCUT2D eigenvalue weighted by molar-refractivity contribution is -0.156. The van der Waals surface area contributed by atoms with Crippen molar-refractivity contribution >= 4 is 17.6 Å². The molecule has 2 aromatic carbocycles. The fraction of sp³-hybridized carbons (Fsp3) is 0.391. The Morgan fingerprint density at radius 1 is 1.12 bits per heavy atom. The summed E-state index contributed by atoms with van der Waals surface area (Å²) in [5.41, 5.74) is 1.98. The normalized spacial score (nSPS) is 24.8. The molecule has 0 aromatic heterocycles. The smallest absolute Gasteiger partial charge is 0.308 e. The van der Waals surface area contributed by atoms with Gasteiger partial charge >= 0.3 is 5.97 Å². The SMILES string of the molecule is COC(=O)C[C@H]1C[C@H]2c3cc(NC(=O)c4ccc5c(c4)OCO5)ccc3O[C@H]2[C@@H](CO)O1. The number of nitrogens with one attached hydrogen (secondary N) is 1. The summed E-state index contributed by atoms with van der Waals surface area (Å²) < 4.78 is 27.3. The number of aliphatic hydroxyl groups is 1. The molecule has 3 aliphatic heterocycles. The van der Waals surface area contributed by atoms with Gasteiger partial charge in [0.2, 0.25) is 6.79 Å². The first-order valence-electron chi connectivity index (χ1n) is 10.4. The van der Waals surface area contributed by atoms with Crippen molar-refractivity contribution < 1.29 is 38.4 Å². The number of fused-ring (bicyclic) bond motifs is 4. The second-order valence-electron chi connectivity index (χ2n) is 7.96. The summed E-state index contributed by atoms with van der Waals surface area (Å²) in [4.78, 5) is 24.5. The molecule has 2 aromatic rings. The van der Waals surface area contributed by atoms with E-state index in [1.165, 1.54) is 7.11 Å². The molecule has 1 amide bonds. The molecule has 0 unspecified atom stereocenters. The van der Waals surface area contributed by atoms with E-state index in [-0.39, 0.29) is 49.8 Å². The van der Waals surface area contributed by atoms with Crippen LogP contribution in [0.5, 0.6) is 17.2 Å². The molecule has 9 nitrogen and oxygen atoms in total. The number of methoxy groups -OCH3 is 1. The minimum atomic E-state index is -0.553. The van der Waals surface area contributed by atoms with Gasteiger partial charge in [-0.05, 0) is 42.8 Å². The van der Waals surface area contributed by atoms with Gasteiger partial charge in [0.15, 0.2) is 11.5 Å². The van der Waals surface area contributed by atoms with E-state index in [2.05, 4.69) is 5.32 Å². The molecule has 2 N–H and O–H groups in total. The number of hydrogen-bond acceptors (Lipinski definition) is 8. The van der Waals surface area contributed by atoms with Crippen LogP contribution >= 0.6 is 0 Å². The van der Waals surface area contributed by atoms with Crippen LogP contribution in [0.3, 0.4) is 0 Å². The molecule has 0 bridgehead atoms. The Morgan fingerprint density at radius 2 is 1.94 bits per heavy atom. The molecule has 3 heterocycles. The molecule has 32 heavy (non-hydrogen) atoms. The zero-order chi connectivity index (χ0) is 22.2. The summed E-state index contributed by atoms with van der Waals surface area (Å²) >= 11 is 0. The zero-order valence-corrected chi connectivity index (χ0v) is 17.4. The summed E-state index contributed by atoms with van der Waals surface area (Å²) in [6.07, 6.45) is -0.650. The van der Waals surface area contributed by atoms with Gasteiger partial charge in [0.25, 0.3) is 5.91 Å². The summed E-state index contributed by atoms with van der Waals surface area (Å²) in [5.74, 6) is 1.12. The van der Waals surface area contributed by atoms with Crippen molar-refractivity contribution in [2.75, 3.05) is 25.8 Å². The van der Waals surface area contributed by atoms with Crippen LogP contribution in [-0.4, -0.2) is 55.8 Å². The first-order valence-corrected chi connectivity index (χ1v) is 10.4. The summed E-state index contributed by atoms with van der Waals surface area (Å²) in [7, 11) is 1.33. The first-order chi connectivity index (χ1) is 15.6. The fourth-order valence-corrected chi connectivity index (χ4v) is 4.48. The van der Waals surface area contributed by atoms with Crippen LogP contribution in [0, 0.1) is 0 Å². The molecule has 168 valence electrons. The number of rotatable bonds is 5. The highest BCUT2D eigenvalue weighted by atomic mass is 16.7. The van der Waals surface area contributed by atoms with Gasteiger partial charge in [-0.1, -0.05) is 0 Å². The molecule has 1 saturated heterocycles. The summed E-state index contributed by atoms with van der Waals surface area (Å²) in [6, 6.07) is 10.5. The van der Waals surface area contributed by atoms with Crippen molar-refractivity contribution in [3.05, 3.63) is 47.5 Å². The minimum Gasteiger partial charge on any atom is -0.487 e. The van der Waals surface area contributed by atoms with Crippen molar-refractivity contribution in [2.45, 2.75) is 37.1 Å². The molecular formula is C23H23NO8. The van der Waals surface area contributed by atoms with E-state index in [1.54, 1.807) is 30.3 Å². The van der Waals surface area contributed by atoms with Crippen molar-refractivity contribution in [3.63, 3.8) is 0 Å². The van der Waals surface area contributed by atoms with Crippen LogP contribution < -0.4 is 19.5 Å². The maximum absolute atomic E-state index is 12.8. The standard InChI is InChI=1S/C23H23NO8/c1-28-21(26)9-14-8-16-15-7-13(3-5-17(15)32-22(16)20(10-25)31-14)24-23(27)12-2-4-18-19(6-12)30-11-29-18/h2-7,14,16,20,22,25H,8-11H2,1H3,(H,24,27)/t14-,16+,20-,22-/m1/s1. The molecule has 4 atom stereocenters. The predicted molar refractivity (Wildman–Crippen MR) is 111 cm³/mol. The van der Waals surface area contributed by atoms with Crippen molar-refractivity contribution in [1.82, 2.24) is 0 Å². The zero-order valence-electron chi connectivity index (χ0n) is 17.4. The molecule has 5 rings (SSSR count). The van der Waals surface area contributed by atoms with E-state index in [4.69, 9.17) is 23.7 Å². The number of carbonyl (C=O) groups is 2. The number of amides is 1. The predicted octanol–water partition coefficient (Wildman–Crippen LogP) is 2.23. The highest BCUT2D eigenvalue weighted by molar-refractivity contribution is 6.04. The van der Waals surface area contributed by atoms with Gasteiger partial charge in [0, 0.05) is 22.7 Å². The van der Waals surface area contributed by atoms with Gasteiger partial charge in [0.1, 0.15) is 18.0 Å². The molecule has 3 aliphatic rings. The Balaban J connectivity index is 1.35. The minimum absolute atomic E-state index is 0.0760. The van der Waals surface area contributed by atoms with Gasteiger partial charge < -0.3 is 34.1 Å². The lowest BCUT2D eigenvalue weighted by Crippen LogP contribution is -2.46. The van der Waals surface area contributed by atoms with Gasteiger partial charge in [-0.25, -0.2) is 0 Å². The maximum Gasteiger partial charge on any atom is 0.308 e. The Kier molecular flexibility index (Phi) is 5.36. The molecule has 0 aliphatic carbocycles. The second kappa shape index (κ2) is 8.33. The van der Waals surface area contributed by atoms with Gasteiger partial charge in [0.05, 0.1) is 26.2 Å². The van der Waals surface area contributed by atoms with Crippen molar-refractivity contribution in [3.8, 4) is 17.2 Å². The molecule has 0 radical (unpaired) electrons. The molecular weight excluding hydrogens is 418 g/mol. The third kappa shape index (κ3) is 3.74. The number of esters is 1. The summed E-state index contributed by atoms with van der Waals surface area (Å²) in [6.45, 7) is -0.0795. The molecule has 0 spiro atoms. The van der Waals surface area contributed by atoms with Crippen LogP contribution in [0.4, 0.5) is 5.69 Å². The summed E-state index contributed by atoms with van der Waals surface area (Å²) in [5, 5.41) is 12.7. The van der Waals surface area contributed by atoms with Gasteiger partial charge in [-0.15, -0.1) is 0 Å². The highest BCUT2D eigenvalue weighted by Gasteiger charge is 2.46. The van der Waals surface area contributed by atoms with Crippen LogP contribution in [0.2, 0.25) is 0 Å². The topological polar surface area (TPSA) is 113 Å². The first kappa shape index (κ1) is 20.6. The Hall–Kier alpha value is -3.30. The number of aliphatic hydroxyl groups excluding tert-OH is 1. The van der Waals surface area contributed by atoms with Gasteiger partial charge in [-0.2, -0.15) is 0 Å². The third-order valence-electron chi connectivity index (χ3n) is 6.01. The Labute approximate surface area is 184 Å². The average Bonchev–Trinajstić information content (AvgIpc) is 3.42. The lowest BCUT2D eigenvalue weighted by Gasteiger charge is -2.36. The van der Waals surface area contributed by atoms with E-state index in [0.29, 0.717) is 34.9 Å². The van der Waals surface area contributed by atoms with Crippen LogP contribution in [-0.2, 0) is 14.3 Å². The number of carbonyl (C=O) groups excluding carboxylic acids is 2. The molecule has 1 fully saturated rings. The lowest BCUT2D eigenvalue weighted by atomic mass is 9.84. The molecule has 9 heteroatoms. The van der Waals surface area contributed by atoms with E-state index < -0.39 is 6.10 Å². The fourth-order valence-electron chi connectivity index (χ4n) is 4.48. The van der Waals surface area contributed by atoms with Crippen LogP contribution in [0.1, 0.15) is 34.7 Å². The quantitative estimate of drug-likeness (QED) is 0.680. The van der Waals surface area contributed by atoms with E-state index in [1.807, 2.05) is 6.07 Å². The second-order valence-corrected chi connectivity index (χ2v) is 7.96. The van der Waals surface area contributed by atoms with Crippen LogP contribution in [0.15, 0.2) is 36.4 Å². The Morgan fingerprint density at radius 3 is 2.75 bits per heavy atom. The number of anilines is 1. The number of hydrogen-bond donors (Lipinski definition) is 2. The average molecular weight is 441 g/mol. The number of benzene rings is 2. The monoisotopic (exact) mass is 441 g/mol. The van der Waals surface area contributed by atoms with E-state index >= 15 is 0 Å². The van der Waals surface area contributed by atoms with Gasteiger partial charge in [-0.3, -0.25) is 9.59 Å². The van der Waals surface area contributed by atoms with Crippen molar-refractivity contribution in [2.24, 2.45) is 0 Å². The van der Waals surface area contributed by atoms with E-state index in [0.717, 1.165) is 5.56 Å². The highest BCUT2D eigenvalue weighted by Crippen LogP contribution is 2.47. The largest absolute Gasteiger partial charge is 0.487 e. The Bertz CT molecular complexity index is 1050. The molecule has 0 saturated carbocycles. The maximum atomic E-state index is 12.8. The number of ether oxygens (including phenoxy) is 5. The van der Waals surface area contributed by atoms with E-state index in [9.17, 15) is 14.7 Å². The van der Waals surface area contributed by atoms with Crippen LogP contribution in [0.25, 0.3) is 0 Å². The third-order valence-corrected chi connectivity index (χ3v) is 6.01.